The molecule has 1 fully saturated rings. The number of rotatable bonds is 6. The van der Waals surface area contributed by atoms with Gasteiger partial charge in [-0.1, -0.05) is 12.2 Å². The highest BCUT2D eigenvalue weighted by molar-refractivity contribution is 7.80. The first kappa shape index (κ1) is 12.9. The zero-order valence-electron chi connectivity index (χ0n) is 9.74. The van der Waals surface area contributed by atoms with E-state index in [0.29, 0.717) is 17.1 Å². The molecule has 0 radical (unpaired) electrons. The zero-order chi connectivity index (χ0) is 11.3. The monoisotopic (exact) mass is 230 g/mol. The third-order valence-corrected chi connectivity index (χ3v) is 3.04. The SMILES string of the molecule is CC(C)N(CCC(N)=S)CC1CCCO1. The summed E-state index contributed by atoms with van der Waals surface area (Å²) in [6.45, 7) is 7.29. The fourth-order valence-electron chi connectivity index (χ4n) is 1.86. The topological polar surface area (TPSA) is 38.5 Å². The van der Waals surface area contributed by atoms with Crippen LogP contribution in [0, 0.1) is 0 Å². The van der Waals surface area contributed by atoms with Crippen LogP contribution in [0.5, 0.6) is 0 Å². The maximum absolute atomic E-state index is 5.63. The van der Waals surface area contributed by atoms with Gasteiger partial charge < -0.3 is 10.5 Å². The average molecular weight is 230 g/mol. The summed E-state index contributed by atoms with van der Waals surface area (Å²) in [4.78, 5) is 3.00. The van der Waals surface area contributed by atoms with Crippen LogP contribution in [0.4, 0.5) is 0 Å². The van der Waals surface area contributed by atoms with Crippen molar-refractivity contribution in [3.63, 3.8) is 0 Å². The molecule has 0 aromatic heterocycles. The van der Waals surface area contributed by atoms with Crippen molar-refractivity contribution in [1.82, 2.24) is 4.90 Å². The van der Waals surface area contributed by atoms with Crippen molar-refractivity contribution >= 4 is 17.2 Å². The van der Waals surface area contributed by atoms with E-state index in [0.717, 1.165) is 26.1 Å². The molecule has 0 aromatic rings. The molecule has 2 N–H and O–H groups in total. The number of hydrogen-bond donors (Lipinski definition) is 1. The molecule has 1 atom stereocenters. The Hall–Kier alpha value is -0.190. The first-order chi connectivity index (χ1) is 7.09. The zero-order valence-corrected chi connectivity index (χ0v) is 10.6. The van der Waals surface area contributed by atoms with Gasteiger partial charge in [-0.05, 0) is 26.7 Å². The van der Waals surface area contributed by atoms with E-state index in [1.165, 1.54) is 12.8 Å². The molecule has 0 amide bonds. The molecule has 1 rings (SSSR count). The number of ether oxygens (including phenoxy) is 1. The Labute approximate surface area is 98.0 Å². The van der Waals surface area contributed by atoms with Crippen molar-refractivity contribution in [3.8, 4) is 0 Å². The largest absolute Gasteiger partial charge is 0.393 e. The third kappa shape index (κ3) is 4.91. The van der Waals surface area contributed by atoms with Crippen LogP contribution in [-0.2, 0) is 4.74 Å². The van der Waals surface area contributed by atoms with Gasteiger partial charge in [-0.2, -0.15) is 0 Å². The van der Waals surface area contributed by atoms with Gasteiger partial charge in [0.05, 0.1) is 11.1 Å². The molecular formula is C11H22N2OS. The lowest BCUT2D eigenvalue weighted by Crippen LogP contribution is -2.39. The molecule has 0 aliphatic carbocycles. The van der Waals surface area contributed by atoms with Gasteiger partial charge in [0.1, 0.15) is 0 Å². The predicted molar refractivity (Wildman–Crippen MR) is 67.1 cm³/mol. The minimum absolute atomic E-state index is 0.416. The van der Waals surface area contributed by atoms with Crippen molar-refractivity contribution < 1.29 is 4.74 Å². The van der Waals surface area contributed by atoms with Crippen molar-refractivity contribution in [3.05, 3.63) is 0 Å². The Bertz CT molecular complexity index is 203. The molecule has 1 unspecified atom stereocenters. The van der Waals surface area contributed by atoms with E-state index in [2.05, 4.69) is 18.7 Å². The molecule has 0 saturated carbocycles. The van der Waals surface area contributed by atoms with Gasteiger partial charge in [0.15, 0.2) is 0 Å². The Morgan fingerprint density at radius 1 is 1.60 bits per heavy atom. The Kier molecular flexibility index (Phi) is 5.50. The van der Waals surface area contributed by atoms with E-state index < -0.39 is 0 Å². The van der Waals surface area contributed by atoms with E-state index in [4.69, 9.17) is 22.7 Å². The fourth-order valence-corrected chi connectivity index (χ4v) is 1.96. The number of hydrogen-bond acceptors (Lipinski definition) is 3. The van der Waals surface area contributed by atoms with Gasteiger partial charge in [-0.15, -0.1) is 0 Å². The molecule has 0 aromatic carbocycles. The smallest absolute Gasteiger partial charge is 0.0740 e. The summed E-state index contributed by atoms with van der Waals surface area (Å²) in [5.41, 5.74) is 5.52. The quantitative estimate of drug-likeness (QED) is 0.703. The highest BCUT2D eigenvalue weighted by Crippen LogP contribution is 2.14. The molecule has 4 heteroatoms. The second-order valence-corrected chi connectivity index (χ2v) is 4.96. The normalized spacial score (nSPS) is 21.5. The van der Waals surface area contributed by atoms with Crippen LogP contribution in [0.2, 0.25) is 0 Å². The molecule has 0 spiro atoms. The van der Waals surface area contributed by atoms with Crippen molar-refractivity contribution in [2.45, 2.75) is 45.3 Å². The maximum Gasteiger partial charge on any atom is 0.0740 e. The molecule has 15 heavy (non-hydrogen) atoms. The number of thiocarbonyl (C=S) groups is 1. The van der Waals surface area contributed by atoms with Crippen LogP contribution >= 0.6 is 12.2 Å². The van der Waals surface area contributed by atoms with Gasteiger partial charge in [0.2, 0.25) is 0 Å². The summed E-state index contributed by atoms with van der Waals surface area (Å²) in [5, 5.41) is 0. The molecule has 88 valence electrons. The van der Waals surface area contributed by atoms with Gasteiger partial charge >= 0.3 is 0 Å². The summed E-state index contributed by atoms with van der Waals surface area (Å²) in [6.07, 6.45) is 3.61. The van der Waals surface area contributed by atoms with Crippen molar-refractivity contribution in [2.24, 2.45) is 5.73 Å². The van der Waals surface area contributed by atoms with Crippen molar-refractivity contribution in [1.29, 1.82) is 0 Å². The number of nitrogens with two attached hydrogens (primary N) is 1. The van der Waals surface area contributed by atoms with Crippen LogP contribution in [-0.4, -0.2) is 41.7 Å². The molecule has 1 heterocycles. The van der Waals surface area contributed by atoms with Gasteiger partial charge in [-0.3, -0.25) is 4.90 Å². The standard InChI is InChI=1S/C11H22N2OS/c1-9(2)13(6-5-11(12)15)8-10-4-3-7-14-10/h9-10H,3-8H2,1-2H3,(H2,12,15). The predicted octanol–water partition coefficient (Wildman–Crippen LogP) is 1.55. The molecule has 0 bridgehead atoms. The first-order valence-corrected chi connectivity index (χ1v) is 6.14. The summed E-state index contributed by atoms with van der Waals surface area (Å²) < 4.78 is 5.63. The Morgan fingerprint density at radius 2 is 2.33 bits per heavy atom. The van der Waals surface area contributed by atoms with E-state index in [9.17, 15) is 0 Å². The summed E-state index contributed by atoms with van der Waals surface area (Å²) in [7, 11) is 0. The highest BCUT2D eigenvalue weighted by atomic mass is 32.1. The summed E-state index contributed by atoms with van der Waals surface area (Å²) >= 11 is 4.90. The van der Waals surface area contributed by atoms with Crippen LogP contribution in [0.25, 0.3) is 0 Å². The lowest BCUT2D eigenvalue weighted by Gasteiger charge is -2.28. The van der Waals surface area contributed by atoms with Gasteiger partial charge in [-0.25, -0.2) is 0 Å². The second kappa shape index (κ2) is 6.40. The van der Waals surface area contributed by atoms with Crippen LogP contribution in [0.3, 0.4) is 0 Å². The van der Waals surface area contributed by atoms with Crippen LogP contribution in [0.1, 0.15) is 33.1 Å². The minimum atomic E-state index is 0.416. The van der Waals surface area contributed by atoms with E-state index in [1.807, 2.05) is 0 Å². The highest BCUT2D eigenvalue weighted by Gasteiger charge is 2.20. The molecule has 1 aliphatic rings. The lowest BCUT2D eigenvalue weighted by atomic mass is 10.2. The maximum atomic E-state index is 5.63. The van der Waals surface area contributed by atoms with E-state index in [1.54, 1.807) is 0 Å². The average Bonchev–Trinajstić information content (AvgIpc) is 2.63. The van der Waals surface area contributed by atoms with Crippen LogP contribution in [0.15, 0.2) is 0 Å². The Morgan fingerprint density at radius 3 is 2.80 bits per heavy atom. The number of nitrogens with zero attached hydrogens (tertiary/aromatic N) is 1. The van der Waals surface area contributed by atoms with Crippen LogP contribution < -0.4 is 5.73 Å². The molecule has 3 nitrogen and oxygen atoms in total. The summed E-state index contributed by atoms with van der Waals surface area (Å²) in [5.74, 6) is 0. The first-order valence-electron chi connectivity index (χ1n) is 5.73. The Balaban J connectivity index is 2.32. The molecule has 1 saturated heterocycles. The lowest BCUT2D eigenvalue weighted by molar-refractivity contribution is 0.0636. The van der Waals surface area contributed by atoms with Gasteiger partial charge in [0, 0.05) is 32.2 Å². The molecule has 1 aliphatic heterocycles. The van der Waals surface area contributed by atoms with E-state index >= 15 is 0 Å². The molecular weight excluding hydrogens is 208 g/mol. The van der Waals surface area contributed by atoms with Gasteiger partial charge in [0.25, 0.3) is 0 Å². The van der Waals surface area contributed by atoms with Crippen molar-refractivity contribution in [2.75, 3.05) is 19.7 Å². The fraction of sp³-hybridized carbons (Fsp3) is 0.909. The summed E-state index contributed by atoms with van der Waals surface area (Å²) in [6, 6.07) is 0.531. The van der Waals surface area contributed by atoms with E-state index in [-0.39, 0.29) is 0 Å². The third-order valence-electron chi connectivity index (χ3n) is 2.84. The second-order valence-electron chi connectivity index (χ2n) is 4.44. The minimum Gasteiger partial charge on any atom is -0.393 e.